The van der Waals surface area contributed by atoms with E-state index in [1.165, 1.54) is 0 Å². The molecule has 2 N–H and O–H groups in total. The van der Waals surface area contributed by atoms with Crippen LogP contribution in [0.5, 0.6) is 0 Å². The first-order valence-electron chi connectivity index (χ1n) is 5.99. The summed E-state index contributed by atoms with van der Waals surface area (Å²) >= 11 is 0. The predicted molar refractivity (Wildman–Crippen MR) is 70.6 cm³/mol. The molecule has 0 saturated carbocycles. The van der Waals surface area contributed by atoms with Crippen molar-refractivity contribution in [3.8, 4) is 0 Å². The maximum absolute atomic E-state index is 11.0. The fourth-order valence-corrected chi connectivity index (χ4v) is 1.74. The summed E-state index contributed by atoms with van der Waals surface area (Å²) in [5.41, 5.74) is 1.49. The van der Waals surface area contributed by atoms with Crippen LogP contribution >= 0.6 is 0 Å². The first-order chi connectivity index (χ1) is 9.18. The second-order valence-corrected chi connectivity index (χ2v) is 4.17. The van der Waals surface area contributed by atoms with Gasteiger partial charge in [-0.1, -0.05) is 12.1 Å². The van der Waals surface area contributed by atoms with Crippen LogP contribution < -0.4 is 5.32 Å². The Morgan fingerprint density at radius 3 is 2.00 bits per heavy atom. The molecule has 19 heavy (non-hydrogen) atoms. The van der Waals surface area contributed by atoms with Gasteiger partial charge in [-0.2, -0.15) is 0 Å². The van der Waals surface area contributed by atoms with Gasteiger partial charge in [-0.25, -0.2) is 0 Å². The summed E-state index contributed by atoms with van der Waals surface area (Å²) in [4.78, 5) is 19.5. The number of aliphatic carboxylic acids is 1. The zero-order valence-electron chi connectivity index (χ0n) is 10.5. The van der Waals surface area contributed by atoms with Gasteiger partial charge in [0.25, 0.3) is 0 Å². The zero-order valence-corrected chi connectivity index (χ0v) is 10.5. The van der Waals surface area contributed by atoms with Crippen molar-refractivity contribution in [3.05, 3.63) is 60.2 Å². The first-order valence-corrected chi connectivity index (χ1v) is 5.99. The quantitative estimate of drug-likeness (QED) is 0.851. The van der Waals surface area contributed by atoms with Gasteiger partial charge in [-0.05, 0) is 31.2 Å². The summed E-state index contributed by atoms with van der Waals surface area (Å²) in [6, 6.07) is 10.0. The summed E-state index contributed by atoms with van der Waals surface area (Å²) in [6.07, 6.45) is 3.36. The first kappa shape index (κ1) is 13.2. The largest absolute Gasteiger partial charge is 0.480 e. The third kappa shape index (κ3) is 3.35. The molecule has 0 aliphatic rings. The van der Waals surface area contributed by atoms with Crippen LogP contribution in [0.1, 0.15) is 24.4 Å². The fourth-order valence-electron chi connectivity index (χ4n) is 1.74. The highest BCUT2D eigenvalue weighted by Crippen LogP contribution is 2.18. The second kappa shape index (κ2) is 6.06. The highest BCUT2D eigenvalue weighted by molar-refractivity contribution is 5.73. The zero-order chi connectivity index (χ0) is 13.7. The molecule has 1 unspecified atom stereocenters. The van der Waals surface area contributed by atoms with Crippen molar-refractivity contribution in [1.82, 2.24) is 15.3 Å². The third-order valence-electron chi connectivity index (χ3n) is 2.75. The SMILES string of the molecule is CC(NC(c1ccccn1)c1ccccn1)C(=O)O. The van der Waals surface area contributed by atoms with Crippen LogP contribution in [0.15, 0.2) is 48.8 Å². The van der Waals surface area contributed by atoms with E-state index in [0.29, 0.717) is 0 Å². The van der Waals surface area contributed by atoms with Gasteiger partial charge in [0.05, 0.1) is 17.4 Å². The van der Waals surface area contributed by atoms with Crippen molar-refractivity contribution in [2.24, 2.45) is 0 Å². The van der Waals surface area contributed by atoms with E-state index in [1.54, 1.807) is 19.3 Å². The minimum absolute atomic E-state index is 0.339. The van der Waals surface area contributed by atoms with Gasteiger partial charge in [0.15, 0.2) is 0 Å². The van der Waals surface area contributed by atoms with Crippen LogP contribution in [-0.4, -0.2) is 27.1 Å². The smallest absolute Gasteiger partial charge is 0.320 e. The van der Waals surface area contributed by atoms with Crippen molar-refractivity contribution in [2.45, 2.75) is 19.0 Å². The molecule has 0 aromatic carbocycles. The van der Waals surface area contributed by atoms with E-state index < -0.39 is 12.0 Å². The summed E-state index contributed by atoms with van der Waals surface area (Å²) in [6.45, 7) is 1.60. The number of carboxylic acid groups (broad SMARTS) is 1. The molecular weight excluding hydrogens is 242 g/mol. The van der Waals surface area contributed by atoms with Gasteiger partial charge in [-0.3, -0.25) is 20.1 Å². The second-order valence-electron chi connectivity index (χ2n) is 4.17. The lowest BCUT2D eigenvalue weighted by Gasteiger charge is -2.20. The van der Waals surface area contributed by atoms with Crippen molar-refractivity contribution in [2.75, 3.05) is 0 Å². The molecule has 98 valence electrons. The van der Waals surface area contributed by atoms with Crippen LogP contribution in [-0.2, 0) is 4.79 Å². The Morgan fingerprint density at radius 1 is 1.11 bits per heavy atom. The van der Waals surface area contributed by atoms with Crippen LogP contribution in [0.25, 0.3) is 0 Å². The van der Waals surface area contributed by atoms with E-state index >= 15 is 0 Å². The number of nitrogens with zero attached hydrogens (tertiary/aromatic N) is 2. The Balaban J connectivity index is 2.32. The predicted octanol–water partition coefficient (Wildman–Crippen LogP) is 1.63. The molecule has 0 amide bonds. The molecule has 0 radical (unpaired) electrons. The number of hydrogen-bond acceptors (Lipinski definition) is 4. The Hall–Kier alpha value is -2.27. The summed E-state index contributed by atoms with van der Waals surface area (Å²) in [5.74, 6) is -0.906. The van der Waals surface area contributed by atoms with Gasteiger partial charge in [0, 0.05) is 12.4 Å². The molecule has 5 nitrogen and oxygen atoms in total. The van der Waals surface area contributed by atoms with Crippen molar-refractivity contribution >= 4 is 5.97 Å². The van der Waals surface area contributed by atoms with Gasteiger partial charge < -0.3 is 5.11 Å². The van der Waals surface area contributed by atoms with E-state index in [1.807, 2.05) is 36.4 Å². The van der Waals surface area contributed by atoms with Crippen LogP contribution in [0.3, 0.4) is 0 Å². The third-order valence-corrected chi connectivity index (χ3v) is 2.75. The molecule has 2 rings (SSSR count). The van der Waals surface area contributed by atoms with Crippen molar-refractivity contribution in [3.63, 3.8) is 0 Å². The molecule has 0 aliphatic carbocycles. The average Bonchev–Trinajstić information content (AvgIpc) is 2.46. The minimum Gasteiger partial charge on any atom is -0.480 e. The van der Waals surface area contributed by atoms with E-state index in [-0.39, 0.29) is 6.04 Å². The van der Waals surface area contributed by atoms with Crippen LogP contribution in [0.4, 0.5) is 0 Å². The molecule has 0 saturated heterocycles. The summed E-state index contributed by atoms with van der Waals surface area (Å²) < 4.78 is 0. The van der Waals surface area contributed by atoms with Gasteiger partial charge in [0.2, 0.25) is 0 Å². The fraction of sp³-hybridized carbons (Fsp3) is 0.214. The molecule has 0 bridgehead atoms. The van der Waals surface area contributed by atoms with Crippen LogP contribution in [0, 0.1) is 0 Å². The number of aromatic nitrogens is 2. The molecule has 0 aliphatic heterocycles. The van der Waals surface area contributed by atoms with Gasteiger partial charge >= 0.3 is 5.97 Å². The molecule has 2 heterocycles. The highest BCUT2D eigenvalue weighted by Gasteiger charge is 2.21. The average molecular weight is 257 g/mol. The number of carbonyl (C=O) groups is 1. The molecule has 0 spiro atoms. The topological polar surface area (TPSA) is 75.1 Å². The Labute approximate surface area is 111 Å². The normalized spacial score (nSPS) is 12.3. The molecule has 2 aromatic rings. The Kier molecular flexibility index (Phi) is 4.20. The molecule has 0 fully saturated rings. The Bertz CT molecular complexity index is 491. The number of nitrogens with one attached hydrogen (secondary N) is 1. The maximum atomic E-state index is 11.0. The number of pyridine rings is 2. The van der Waals surface area contributed by atoms with E-state index in [4.69, 9.17) is 5.11 Å². The lowest BCUT2D eigenvalue weighted by molar-refractivity contribution is -0.139. The van der Waals surface area contributed by atoms with Gasteiger partial charge in [0.1, 0.15) is 6.04 Å². The highest BCUT2D eigenvalue weighted by atomic mass is 16.4. The molecular formula is C14H15N3O2. The van der Waals surface area contributed by atoms with Gasteiger partial charge in [-0.15, -0.1) is 0 Å². The molecule has 2 aromatic heterocycles. The molecule has 5 heteroatoms. The lowest BCUT2D eigenvalue weighted by Crippen LogP contribution is -2.37. The van der Waals surface area contributed by atoms with Crippen LogP contribution in [0.2, 0.25) is 0 Å². The lowest BCUT2D eigenvalue weighted by atomic mass is 10.1. The number of rotatable bonds is 5. The molecule has 1 atom stereocenters. The standard InChI is InChI=1S/C14H15N3O2/c1-10(14(18)19)17-13(11-6-2-4-8-15-11)12-7-3-5-9-16-12/h2-10,13,17H,1H3,(H,18,19). The van der Waals surface area contributed by atoms with E-state index in [9.17, 15) is 4.79 Å². The summed E-state index contributed by atoms with van der Waals surface area (Å²) in [5, 5.41) is 12.0. The van der Waals surface area contributed by atoms with Crippen molar-refractivity contribution in [1.29, 1.82) is 0 Å². The number of hydrogen-bond donors (Lipinski definition) is 2. The maximum Gasteiger partial charge on any atom is 0.320 e. The monoisotopic (exact) mass is 257 g/mol. The van der Waals surface area contributed by atoms with Crippen molar-refractivity contribution < 1.29 is 9.90 Å². The van der Waals surface area contributed by atoms with E-state index in [2.05, 4.69) is 15.3 Å². The Morgan fingerprint density at radius 2 is 1.63 bits per heavy atom. The van der Waals surface area contributed by atoms with E-state index in [0.717, 1.165) is 11.4 Å². The minimum atomic E-state index is -0.906. The summed E-state index contributed by atoms with van der Waals surface area (Å²) in [7, 11) is 0. The number of carboxylic acids is 1.